The van der Waals surface area contributed by atoms with Gasteiger partial charge < -0.3 is 10.2 Å². The van der Waals surface area contributed by atoms with Crippen molar-refractivity contribution in [2.24, 2.45) is 0 Å². The topological polar surface area (TPSA) is 45.2 Å². The monoisotopic (exact) mass is 335 g/mol. The van der Waals surface area contributed by atoms with E-state index in [1.54, 1.807) is 0 Å². The van der Waals surface area contributed by atoms with E-state index in [0.717, 1.165) is 42.4 Å². The van der Waals surface area contributed by atoms with E-state index in [4.69, 9.17) is 11.6 Å². The highest BCUT2D eigenvalue weighted by Gasteiger charge is 2.17. The zero-order valence-corrected chi connectivity index (χ0v) is 13.8. The summed E-state index contributed by atoms with van der Waals surface area (Å²) in [4.78, 5) is 18.7. The van der Waals surface area contributed by atoms with Crippen molar-refractivity contribution >= 4 is 39.7 Å². The number of carbonyl (C=O) groups excluding carboxylic acids is 1. The van der Waals surface area contributed by atoms with Crippen molar-refractivity contribution < 1.29 is 4.79 Å². The average molecular weight is 336 g/mol. The highest BCUT2D eigenvalue weighted by atomic mass is 35.5. The van der Waals surface area contributed by atoms with Gasteiger partial charge in [-0.05, 0) is 37.5 Å². The van der Waals surface area contributed by atoms with E-state index >= 15 is 0 Å². The highest BCUT2D eigenvalue weighted by Crippen LogP contribution is 2.23. The van der Waals surface area contributed by atoms with Crippen LogP contribution in [0.5, 0.6) is 0 Å². The summed E-state index contributed by atoms with van der Waals surface area (Å²) in [5, 5.41) is 6.62. The van der Waals surface area contributed by atoms with Crippen LogP contribution < -0.4 is 5.32 Å². The van der Waals surface area contributed by atoms with E-state index in [1.807, 2.05) is 34.5 Å². The van der Waals surface area contributed by atoms with Crippen molar-refractivity contribution in [1.29, 1.82) is 0 Å². The molecule has 1 aliphatic rings. The van der Waals surface area contributed by atoms with Crippen LogP contribution in [0.4, 0.5) is 10.8 Å². The number of thiazole rings is 1. The first-order chi connectivity index (χ1) is 10.7. The molecule has 116 valence electrons. The van der Waals surface area contributed by atoms with Gasteiger partial charge in [0.05, 0.1) is 12.1 Å². The van der Waals surface area contributed by atoms with Crippen LogP contribution in [-0.4, -0.2) is 28.9 Å². The standard InChI is InChI=1S/C16H18ClN3OS/c17-12-5-4-6-13(9-12)18-16-19-14(11-22-16)10-15(21)20-7-2-1-3-8-20/h4-6,9,11H,1-3,7-8,10H2,(H,18,19). The molecule has 0 bridgehead atoms. The summed E-state index contributed by atoms with van der Waals surface area (Å²) in [6.45, 7) is 1.77. The van der Waals surface area contributed by atoms with Gasteiger partial charge in [0.2, 0.25) is 5.91 Å². The number of amides is 1. The number of likely N-dealkylation sites (tertiary alicyclic amines) is 1. The predicted octanol–water partition coefficient (Wildman–Crippen LogP) is 4.10. The zero-order chi connectivity index (χ0) is 15.4. The van der Waals surface area contributed by atoms with E-state index in [9.17, 15) is 4.79 Å². The molecule has 0 radical (unpaired) electrons. The summed E-state index contributed by atoms with van der Waals surface area (Å²) in [5.41, 5.74) is 1.72. The van der Waals surface area contributed by atoms with Gasteiger partial charge in [-0.1, -0.05) is 17.7 Å². The number of rotatable bonds is 4. The Morgan fingerprint density at radius 2 is 2.14 bits per heavy atom. The van der Waals surface area contributed by atoms with E-state index in [1.165, 1.54) is 17.8 Å². The fraction of sp³-hybridized carbons (Fsp3) is 0.375. The quantitative estimate of drug-likeness (QED) is 0.915. The third kappa shape index (κ3) is 3.99. The molecule has 1 saturated heterocycles. The molecule has 1 aromatic carbocycles. The Labute approximate surface area is 139 Å². The molecule has 0 aliphatic carbocycles. The summed E-state index contributed by atoms with van der Waals surface area (Å²) >= 11 is 7.47. The number of aromatic nitrogens is 1. The molecule has 22 heavy (non-hydrogen) atoms. The van der Waals surface area contributed by atoms with Crippen molar-refractivity contribution in [3.05, 3.63) is 40.4 Å². The number of carbonyl (C=O) groups is 1. The van der Waals surface area contributed by atoms with E-state index in [0.29, 0.717) is 11.4 Å². The molecule has 0 saturated carbocycles. The lowest BCUT2D eigenvalue weighted by molar-refractivity contribution is -0.131. The van der Waals surface area contributed by atoms with Gasteiger partial charge in [-0.25, -0.2) is 4.98 Å². The number of hydrogen-bond acceptors (Lipinski definition) is 4. The Morgan fingerprint density at radius 3 is 2.91 bits per heavy atom. The first-order valence-electron chi connectivity index (χ1n) is 7.45. The number of benzene rings is 1. The molecule has 1 amide bonds. The minimum Gasteiger partial charge on any atom is -0.342 e. The molecule has 1 aromatic heterocycles. The molecule has 2 aromatic rings. The molecule has 0 spiro atoms. The van der Waals surface area contributed by atoms with Crippen LogP contribution in [0.3, 0.4) is 0 Å². The molecule has 1 N–H and O–H groups in total. The summed E-state index contributed by atoms with van der Waals surface area (Å²) in [5.74, 6) is 0.180. The van der Waals surface area contributed by atoms with Crippen molar-refractivity contribution in [2.75, 3.05) is 18.4 Å². The third-order valence-electron chi connectivity index (χ3n) is 3.67. The van der Waals surface area contributed by atoms with Gasteiger partial charge in [0.1, 0.15) is 0 Å². The lowest BCUT2D eigenvalue weighted by atomic mass is 10.1. The highest BCUT2D eigenvalue weighted by molar-refractivity contribution is 7.13. The normalized spacial score (nSPS) is 14.9. The van der Waals surface area contributed by atoms with Crippen LogP contribution in [0.25, 0.3) is 0 Å². The summed E-state index contributed by atoms with van der Waals surface area (Å²) in [7, 11) is 0. The number of anilines is 2. The van der Waals surface area contributed by atoms with Gasteiger partial charge in [0.25, 0.3) is 0 Å². The number of piperidine rings is 1. The van der Waals surface area contributed by atoms with Crippen molar-refractivity contribution in [1.82, 2.24) is 9.88 Å². The van der Waals surface area contributed by atoms with Gasteiger partial charge in [-0.2, -0.15) is 0 Å². The Hall–Kier alpha value is -1.59. The molecule has 3 rings (SSSR count). The lowest BCUT2D eigenvalue weighted by Gasteiger charge is -2.26. The molecule has 0 unspecified atom stereocenters. The van der Waals surface area contributed by atoms with Gasteiger partial charge in [-0.15, -0.1) is 11.3 Å². The van der Waals surface area contributed by atoms with Crippen molar-refractivity contribution in [3.63, 3.8) is 0 Å². The van der Waals surface area contributed by atoms with Gasteiger partial charge in [0, 0.05) is 29.2 Å². The van der Waals surface area contributed by atoms with Gasteiger partial charge >= 0.3 is 0 Å². The Morgan fingerprint density at radius 1 is 1.32 bits per heavy atom. The van der Waals surface area contributed by atoms with Crippen LogP contribution in [0.2, 0.25) is 5.02 Å². The van der Waals surface area contributed by atoms with E-state index in [2.05, 4.69) is 10.3 Å². The van der Waals surface area contributed by atoms with Crippen LogP contribution >= 0.6 is 22.9 Å². The van der Waals surface area contributed by atoms with Gasteiger partial charge in [0.15, 0.2) is 5.13 Å². The summed E-state index contributed by atoms with van der Waals surface area (Å²) < 4.78 is 0. The second-order valence-electron chi connectivity index (χ2n) is 5.40. The molecule has 6 heteroatoms. The maximum atomic E-state index is 12.2. The number of nitrogens with one attached hydrogen (secondary N) is 1. The summed E-state index contributed by atoms with van der Waals surface area (Å²) in [6, 6.07) is 7.50. The van der Waals surface area contributed by atoms with Crippen molar-refractivity contribution in [2.45, 2.75) is 25.7 Å². The van der Waals surface area contributed by atoms with E-state index < -0.39 is 0 Å². The first kappa shape index (κ1) is 15.3. The Bertz CT molecular complexity index is 652. The molecular formula is C16H18ClN3OS. The smallest absolute Gasteiger partial charge is 0.228 e. The molecule has 1 fully saturated rings. The van der Waals surface area contributed by atoms with Crippen molar-refractivity contribution in [3.8, 4) is 0 Å². The van der Waals surface area contributed by atoms with E-state index in [-0.39, 0.29) is 5.91 Å². The molecule has 0 atom stereocenters. The first-order valence-corrected chi connectivity index (χ1v) is 8.71. The van der Waals surface area contributed by atoms with Gasteiger partial charge in [-0.3, -0.25) is 4.79 Å². The zero-order valence-electron chi connectivity index (χ0n) is 12.2. The molecule has 4 nitrogen and oxygen atoms in total. The second-order valence-corrected chi connectivity index (χ2v) is 6.69. The van der Waals surface area contributed by atoms with Crippen LogP contribution in [0.15, 0.2) is 29.6 Å². The van der Waals surface area contributed by atoms with Crippen LogP contribution in [0, 0.1) is 0 Å². The molecule has 1 aliphatic heterocycles. The third-order valence-corrected chi connectivity index (χ3v) is 4.71. The maximum absolute atomic E-state index is 12.2. The largest absolute Gasteiger partial charge is 0.342 e. The molecular weight excluding hydrogens is 318 g/mol. The van der Waals surface area contributed by atoms with Crippen LogP contribution in [0.1, 0.15) is 25.0 Å². The minimum absolute atomic E-state index is 0.180. The Balaban J connectivity index is 1.60. The molecule has 2 heterocycles. The number of halogens is 1. The minimum atomic E-state index is 0.180. The fourth-order valence-corrected chi connectivity index (χ4v) is 3.47. The van der Waals surface area contributed by atoms with Crippen LogP contribution in [-0.2, 0) is 11.2 Å². The SMILES string of the molecule is O=C(Cc1csc(Nc2cccc(Cl)c2)n1)N1CCCCC1. The number of nitrogens with zero attached hydrogens (tertiary/aromatic N) is 2. The average Bonchev–Trinajstić information content (AvgIpc) is 2.95. The fourth-order valence-electron chi connectivity index (χ4n) is 2.55. The lowest BCUT2D eigenvalue weighted by Crippen LogP contribution is -2.36. The predicted molar refractivity (Wildman–Crippen MR) is 91.0 cm³/mol. The maximum Gasteiger partial charge on any atom is 0.228 e. The summed E-state index contributed by atoms with van der Waals surface area (Å²) in [6.07, 6.45) is 3.84. The number of hydrogen-bond donors (Lipinski definition) is 1. The second kappa shape index (κ2) is 7.11. The Kier molecular flexibility index (Phi) is 4.95.